The van der Waals surface area contributed by atoms with Gasteiger partial charge in [0.15, 0.2) is 11.6 Å². The van der Waals surface area contributed by atoms with Gasteiger partial charge in [0.25, 0.3) is 0 Å². The van der Waals surface area contributed by atoms with Crippen LogP contribution in [0.3, 0.4) is 0 Å². The molecule has 0 unspecified atom stereocenters. The van der Waals surface area contributed by atoms with Gasteiger partial charge in [-0.2, -0.15) is 0 Å². The summed E-state index contributed by atoms with van der Waals surface area (Å²) in [6.45, 7) is 9.16. The van der Waals surface area contributed by atoms with Crippen LogP contribution in [-0.4, -0.2) is 43.8 Å². The van der Waals surface area contributed by atoms with Crippen LogP contribution in [-0.2, 0) is 19.1 Å². The van der Waals surface area contributed by atoms with E-state index in [2.05, 4.69) is 0 Å². The van der Waals surface area contributed by atoms with E-state index in [1.165, 1.54) is 24.1 Å². The van der Waals surface area contributed by atoms with Crippen molar-refractivity contribution in [2.24, 2.45) is 0 Å². The maximum atomic E-state index is 14.2. The standard InChI is InChI=1S/C20H30FNO5/c1-7-8-11-22(15-9-10-17(25-6)16(21)12-15)18(19(23)26-13(2)3)20(24)27-14(4)5/h9-10,12-14,18H,7-8,11H2,1-6H3. The Morgan fingerprint density at radius 1 is 1.07 bits per heavy atom. The lowest BCUT2D eigenvalue weighted by molar-refractivity contribution is -0.161. The zero-order valence-electron chi connectivity index (χ0n) is 17.0. The van der Waals surface area contributed by atoms with Gasteiger partial charge in [0, 0.05) is 18.3 Å². The highest BCUT2D eigenvalue weighted by Gasteiger charge is 2.37. The number of unbranched alkanes of at least 4 members (excludes halogenated alkanes) is 1. The van der Waals surface area contributed by atoms with Gasteiger partial charge in [0.1, 0.15) is 0 Å². The molecular weight excluding hydrogens is 353 g/mol. The molecule has 0 atom stereocenters. The lowest BCUT2D eigenvalue weighted by Gasteiger charge is -2.31. The van der Waals surface area contributed by atoms with Gasteiger partial charge in [-0.25, -0.2) is 14.0 Å². The van der Waals surface area contributed by atoms with Crippen molar-refractivity contribution >= 4 is 17.6 Å². The minimum atomic E-state index is -1.31. The third-order valence-electron chi connectivity index (χ3n) is 3.68. The fourth-order valence-electron chi connectivity index (χ4n) is 2.51. The molecule has 0 saturated heterocycles. The fraction of sp³-hybridized carbons (Fsp3) is 0.600. The van der Waals surface area contributed by atoms with Gasteiger partial charge >= 0.3 is 11.9 Å². The molecule has 0 spiro atoms. The number of halogens is 1. The number of nitrogens with zero attached hydrogens (tertiary/aromatic N) is 1. The number of benzene rings is 1. The van der Waals surface area contributed by atoms with E-state index in [-0.39, 0.29) is 5.75 Å². The largest absolute Gasteiger partial charge is 0.494 e. The summed E-state index contributed by atoms with van der Waals surface area (Å²) >= 11 is 0. The molecule has 0 fully saturated rings. The minimum absolute atomic E-state index is 0.0836. The molecule has 0 N–H and O–H groups in total. The predicted octanol–water partition coefficient (Wildman–Crippen LogP) is 3.71. The maximum absolute atomic E-state index is 14.2. The van der Waals surface area contributed by atoms with Gasteiger partial charge in [-0.15, -0.1) is 0 Å². The Kier molecular flexibility index (Phi) is 9.05. The van der Waals surface area contributed by atoms with Crippen LogP contribution in [0.1, 0.15) is 47.5 Å². The van der Waals surface area contributed by atoms with Crippen molar-refractivity contribution in [3.05, 3.63) is 24.0 Å². The van der Waals surface area contributed by atoms with Crippen LogP contribution in [0.15, 0.2) is 18.2 Å². The first-order valence-electron chi connectivity index (χ1n) is 9.22. The number of anilines is 1. The Labute approximate surface area is 160 Å². The van der Waals surface area contributed by atoms with Crippen LogP contribution in [0, 0.1) is 5.82 Å². The smallest absolute Gasteiger partial charge is 0.340 e. The highest BCUT2D eigenvalue weighted by atomic mass is 19.1. The van der Waals surface area contributed by atoms with Crippen molar-refractivity contribution in [2.45, 2.75) is 65.7 Å². The molecule has 0 aromatic heterocycles. The highest BCUT2D eigenvalue weighted by molar-refractivity contribution is 6.02. The number of carbonyl (C=O) groups is 2. The monoisotopic (exact) mass is 383 g/mol. The number of esters is 2. The van der Waals surface area contributed by atoms with Crippen LogP contribution < -0.4 is 9.64 Å². The summed E-state index contributed by atoms with van der Waals surface area (Å²) in [6, 6.07) is 3.00. The van der Waals surface area contributed by atoms with E-state index in [4.69, 9.17) is 14.2 Å². The highest BCUT2D eigenvalue weighted by Crippen LogP contribution is 2.26. The van der Waals surface area contributed by atoms with Crippen molar-refractivity contribution in [3.63, 3.8) is 0 Å². The van der Waals surface area contributed by atoms with Crippen LogP contribution in [0.5, 0.6) is 5.75 Å². The molecule has 0 saturated carbocycles. The molecule has 6 nitrogen and oxygen atoms in total. The summed E-state index contributed by atoms with van der Waals surface area (Å²) in [5, 5.41) is 0. The molecular formula is C20H30FNO5. The van der Waals surface area contributed by atoms with Crippen LogP contribution in [0.2, 0.25) is 0 Å². The van der Waals surface area contributed by atoms with E-state index in [1.54, 1.807) is 33.8 Å². The molecule has 0 radical (unpaired) electrons. The number of methoxy groups -OCH3 is 1. The molecule has 27 heavy (non-hydrogen) atoms. The summed E-state index contributed by atoms with van der Waals surface area (Å²) in [5.74, 6) is -1.93. The molecule has 0 aliphatic carbocycles. The predicted molar refractivity (Wildman–Crippen MR) is 101 cm³/mol. The molecule has 1 rings (SSSR count). The summed E-state index contributed by atoms with van der Waals surface area (Å²) in [4.78, 5) is 26.9. The summed E-state index contributed by atoms with van der Waals surface area (Å²) in [7, 11) is 1.37. The Balaban J connectivity index is 3.34. The third kappa shape index (κ3) is 6.73. The second kappa shape index (κ2) is 10.7. The first-order chi connectivity index (χ1) is 12.7. The van der Waals surface area contributed by atoms with Crippen molar-refractivity contribution in [1.29, 1.82) is 0 Å². The molecule has 0 aliphatic heterocycles. The second-order valence-corrected chi connectivity index (χ2v) is 6.74. The van der Waals surface area contributed by atoms with E-state index in [0.29, 0.717) is 18.7 Å². The molecule has 0 amide bonds. The van der Waals surface area contributed by atoms with Crippen LogP contribution in [0.25, 0.3) is 0 Å². The molecule has 0 aliphatic rings. The average molecular weight is 383 g/mol. The van der Waals surface area contributed by atoms with Gasteiger partial charge in [-0.1, -0.05) is 13.3 Å². The summed E-state index contributed by atoms with van der Waals surface area (Å²) in [6.07, 6.45) is 0.744. The van der Waals surface area contributed by atoms with Crippen molar-refractivity contribution in [2.75, 3.05) is 18.6 Å². The first-order valence-corrected chi connectivity index (χ1v) is 9.22. The number of hydrogen-bond donors (Lipinski definition) is 0. The Bertz CT molecular complexity index is 611. The number of rotatable bonds is 10. The average Bonchev–Trinajstić information content (AvgIpc) is 2.56. The molecule has 152 valence electrons. The lowest BCUT2D eigenvalue weighted by atomic mass is 10.1. The SMILES string of the molecule is CCCCN(c1ccc(OC)c(F)c1)C(C(=O)OC(C)C)C(=O)OC(C)C. The van der Waals surface area contributed by atoms with Crippen molar-refractivity contribution in [3.8, 4) is 5.75 Å². The van der Waals surface area contributed by atoms with Crippen molar-refractivity contribution in [1.82, 2.24) is 0 Å². The maximum Gasteiger partial charge on any atom is 0.340 e. The molecule has 7 heteroatoms. The first kappa shape index (κ1) is 22.7. The summed E-state index contributed by atoms with van der Waals surface area (Å²) < 4.78 is 29.7. The van der Waals surface area contributed by atoms with Gasteiger partial charge in [0.2, 0.25) is 6.04 Å². The Morgan fingerprint density at radius 3 is 2.04 bits per heavy atom. The van der Waals surface area contributed by atoms with Gasteiger partial charge in [-0.05, 0) is 46.2 Å². The van der Waals surface area contributed by atoms with E-state index in [1.807, 2.05) is 6.92 Å². The van der Waals surface area contributed by atoms with Crippen molar-refractivity contribution < 1.29 is 28.2 Å². The van der Waals surface area contributed by atoms with Crippen LogP contribution in [0.4, 0.5) is 10.1 Å². The second-order valence-electron chi connectivity index (χ2n) is 6.74. The summed E-state index contributed by atoms with van der Waals surface area (Å²) in [5.41, 5.74) is 0.383. The Morgan fingerprint density at radius 2 is 1.63 bits per heavy atom. The molecule has 0 heterocycles. The van der Waals surface area contributed by atoms with E-state index >= 15 is 0 Å². The Hall–Kier alpha value is -2.31. The third-order valence-corrected chi connectivity index (χ3v) is 3.68. The zero-order chi connectivity index (χ0) is 20.6. The van der Waals surface area contributed by atoms with Gasteiger partial charge < -0.3 is 19.1 Å². The minimum Gasteiger partial charge on any atom is -0.494 e. The quantitative estimate of drug-likeness (QED) is 0.453. The zero-order valence-corrected chi connectivity index (χ0v) is 17.0. The molecule has 1 aromatic rings. The number of hydrogen-bond acceptors (Lipinski definition) is 6. The van der Waals surface area contributed by atoms with Crippen LogP contribution >= 0.6 is 0 Å². The normalized spacial score (nSPS) is 11.0. The van der Waals surface area contributed by atoms with E-state index < -0.39 is 36.0 Å². The van der Waals surface area contributed by atoms with E-state index in [9.17, 15) is 14.0 Å². The molecule has 0 bridgehead atoms. The lowest BCUT2D eigenvalue weighted by Crippen LogP contribution is -2.50. The fourth-order valence-corrected chi connectivity index (χ4v) is 2.51. The molecule has 1 aromatic carbocycles. The topological polar surface area (TPSA) is 65.1 Å². The number of ether oxygens (including phenoxy) is 3. The van der Waals surface area contributed by atoms with Gasteiger partial charge in [0.05, 0.1) is 19.3 Å². The van der Waals surface area contributed by atoms with E-state index in [0.717, 1.165) is 6.42 Å². The number of carbonyl (C=O) groups excluding carboxylic acids is 2. The van der Waals surface area contributed by atoms with Gasteiger partial charge in [-0.3, -0.25) is 0 Å².